The molecule has 4 rings (SSSR count). The zero-order valence-electron chi connectivity index (χ0n) is 15.8. The molecule has 0 unspecified atom stereocenters. The van der Waals surface area contributed by atoms with E-state index < -0.39 is 6.09 Å². The van der Waals surface area contributed by atoms with Gasteiger partial charge >= 0.3 is 6.09 Å². The fourth-order valence-corrected chi connectivity index (χ4v) is 4.51. The van der Waals surface area contributed by atoms with Crippen LogP contribution in [0.15, 0.2) is 16.7 Å². The zero-order valence-corrected chi connectivity index (χ0v) is 16.6. The highest BCUT2D eigenvalue weighted by Crippen LogP contribution is 2.36. The second kappa shape index (κ2) is 6.90. The molecule has 28 heavy (non-hydrogen) atoms. The lowest BCUT2D eigenvalue weighted by atomic mass is 9.99. The molecule has 1 fully saturated rings. The van der Waals surface area contributed by atoms with E-state index in [1.807, 2.05) is 32.9 Å². The molecule has 0 radical (unpaired) electrons. The SMILES string of the molecule is Cc1cc2nc(NC(=O)[C@H]3CCN(C(=O)O)C3)sc2cc1-c1c(C)noc1C. The normalized spacial score (nSPS) is 16.7. The van der Waals surface area contributed by atoms with Crippen molar-refractivity contribution < 1.29 is 19.2 Å². The summed E-state index contributed by atoms with van der Waals surface area (Å²) in [4.78, 5) is 29.3. The second-order valence-corrected chi connectivity index (χ2v) is 8.09. The zero-order chi connectivity index (χ0) is 20.0. The van der Waals surface area contributed by atoms with Crippen molar-refractivity contribution in [3.8, 4) is 11.1 Å². The molecule has 1 saturated heterocycles. The Balaban J connectivity index is 1.59. The molecule has 2 aromatic heterocycles. The number of aryl methyl sites for hydroxylation is 3. The first-order valence-corrected chi connectivity index (χ1v) is 9.78. The number of amides is 2. The number of hydrogen-bond donors (Lipinski definition) is 2. The average Bonchev–Trinajstić information content (AvgIpc) is 3.33. The Labute approximate surface area is 165 Å². The highest BCUT2D eigenvalue weighted by Gasteiger charge is 2.31. The molecule has 3 heterocycles. The van der Waals surface area contributed by atoms with Crippen LogP contribution in [0.25, 0.3) is 21.3 Å². The van der Waals surface area contributed by atoms with Crippen molar-refractivity contribution in [1.82, 2.24) is 15.0 Å². The van der Waals surface area contributed by atoms with Gasteiger partial charge in [-0.1, -0.05) is 16.5 Å². The lowest BCUT2D eigenvalue weighted by Crippen LogP contribution is -2.30. The standard InChI is InChI=1S/C19H20N4O4S/c1-9-6-14-15(7-13(9)16-10(2)22-27-11(16)3)28-18(20-14)21-17(24)12-4-5-23(8-12)19(25)26/h6-7,12H,4-5,8H2,1-3H3,(H,25,26)(H,20,21,24)/t12-/m0/s1. The molecule has 0 spiro atoms. The number of hydrogen-bond acceptors (Lipinski definition) is 6. The Hall–Kier alpha value is -2.94. The summed E-state index contributed by atoms with van der Waals surface area (Å²) in [5, 5.41) is 16.4. The van der Waals surface area contributed by atoms with Gasteiger partial charge in [-0.2, -0.15) is 0 Å². The third-order valence-corrected chi connectivity index (χ3v) is 6.03. The Kier molecular flexibility index (Phi) is 4.54. The summed E-state index contributed by atoms with van der Waals surface area (Å²) < 4.78 is 6.25. The molecule has 146 valence electrons. The first kappa shape index (κ1) is 18.4. The number of likely N-dealkylation sites (tertiary alicyclic amines) is 1. The van der Waals surface area contributed by atoms with Gasteiger partial charge in [0.05, 0.1) is 21.8 Å². The van der Waals surface area contributed by atoms with Gasteiger partial charge in [-0.15, -0.1) is 0 Å². The second-order valence-electron chi connectivity index (χ2n) is 7.06. The first-order chi connectivity index (χ1) is 13.3. The molecule has 9 heteroatoms. The summed E-state index contributed by atoms with van der Waals surface area (Å²) in [5.41, 5.74) is 4.73. The summed E-state index contributed by atoms with van der Waals surface area (Å²) in [6.07, 6.45) is -0.462. The predicted molar refractivity (Wildman–Crippen MR) is 106 cm³/mol. The summed E-state index contributed by atoms with van der Waals surface area (Å²) >= 11 is 1.40. The van der Waals surface area contributed by atoms with Crippen LogP contribution in [0.4, 0.5) is 9.93 Å². The number of fused-ring (bicyclic) bond motifs is 1. The van der Waals surface area contributed by atoms with Gasteiger partial charge in [-0.3, -0.25) is 4.79 Å². The van der Waals surface area contributed by atoms with E-state index in [9.17, 15) is 9.59 Å². The van der Waals surface area contributed by atoms with E-state index in [1.54, 1.807) is 0 Å². The van der Waals surface area contributed by atoms with Crippen LogP contribution in [0, 0.1) is 26.7 Å². The monoisotopic (exact) mass is 400 g/mol. The molecule has 0 saturated carbocycles. The molecular formula is C19H20N4O4S. The molecule has 1 aliphatic rings. The molecule has 2 N–H and O–H groups in total. The molecule has 3 aromatic rings. The fraction of sp³-hybridized carbons (Fsp3) is 0.368. The van der Waals surface area contributed by atoms with Crippen molar-refractivity contribution in [2.45, 2.75) is 27.2 Å². The molecule has 0 aliphatic carbocycles. The Morgan fingerprint density at radius 3 is 2.75 bits per heavy atom. The van der Waals surface area contributed by atoms with Crippen LogP contribution in [0.5, 0.6) is 0 Å². The van der Waals surface area contributed by atoms with Crippen LogP contribution in [0.3, 0.4) is 0 Å². The van der Waals surface area contributed by atoms with Crippen LogP contribution in [0.1, 0.15) is 23.4 Å². The number of nitrogens with one attached hydrogen (secondary N) is 1. The van der Waals surface area contributed by atoms with E-state index in [2.05, 4.69) is 15.5 Å². The Morgan fingerprint density at radius 2 is 2.11 bits per heavy atom. The van der Waals surface area contributed by atoms with E-state index in [0.29, 0.717) is 18.1 Å². The van der Waals surface area contributed by atoms with Gasteiger partial charge in [0, 0.05) is 18.7 Å². The van der Waals surface area contributed by atoms with E-state index >= 15 is 0 Å². The number of benzene rings is 1. The molecule has 1 atom stereocenters. The minimum absolute atomic E-state index is 0.189. The lowest BCUT2D eigenvalue weighted by molar-refractivity contribution is -0.119. The van der Waals surface area contributed by atoms with Crippen LogP contribution >= 0.6 is 11.3 Å². The number of carbonyl (C=O) groups is 2. The van der Waals surface area contributed by atoms with Crippen molar-refractivity contribution in [3.63, 3.8) is 0 Å². The van der Waals surface area contributed by atoms with Crippen LogP contribution in [0.2, 0.25) is 0 Å². The summed E-state index contributed by atoms with van der Waals surface area (Å²) in [6.45, 7) is 6.42. The van der Waals surface area contributed by atoms with Crippen molar-refractivity contribution in [3.05, 3.63) is 29.2 Å². The number of anilines is 1. The predicted octanol–water partition coefficient (Wildman–Crippen LogP) is 3.81. The minimum atomic E-state index is -0.988. The summed E-state index contributed by atoms with van der Waals surface area (Å²) in [7, 11) is 0. The van der Waals surface area contributed by atoms with Crippen LogP contribution in [-0.2, 0) is 4.79 Å². The molecule has 8 nitrogen and oxygen atoms in total. The molecule has 1 aliphatic heterocycles. The minimum Gasteiger partial charge on any atom is -0.465 e. The number of carboxylic acid groups (broad SMARTS) is 1. The smallest absolute Gasteiger partial charge is 0.407 e. The number of thiazole rings is 1. The van der Waals surface area contributed by atoms with Gasteiger partial charge in [0.15, 0.2) is 5.13 Å². The van der Waals surface area contributed by atoms with Crippen LogP contribution in [-0.4, -0.2) is 45.2 Å². The third-order valence-electron chi connectivity index (χ3n) is 5.10. The number of rotatable bonds is 3. The van der Waals surface area contributed by atoms with Crippen molar-refractivity contribution in [2.75, 3.05) is 18.4 Å². The maximum absolute atomic E-state index is 12.5. The van der Waals surface area contributed by atoms with Gasteiger partial charge in [-0.25, -0.2) is 9.78 Å². The van der Waals surface area contributed by atoms with Crippen molar-refractivity contribution in [2.24, 2.45) is 5.92 Å². The van der Waals surface area contributed by atoms with Gasteiger partial charge in [-0.05, 0) is 50.5 Å². The highest BCUT2D eigenvalue weighted by atomic mass is 32.1. The van der Waals surface area contributed by atoms with Crippen molar-refractivity contribution in [1.29, 1.82) is 0 Å². The first-order valence-electron chi connectivity index (χ1n) is 8.96. The maximum Gasteiger partial charge on any atom is 0.407 e. The van der Waals surface area contributed by atoms with E-state index in [4.69, 9.17) is 9.63 Å². The van der Waals surface area contributed by atoms with Gasteiger partial charge in [0.2, 0.25) is 5.91 Å². The number of nitrogens with zero attached hydrogens (tertiary/aromatic N) is 3. The van der Waals surface area contributed by atoms with Crippen molar-refractivity contribution >= 4 is 38.7 Å². The average molecular weight is 400 g/mol. The van der Waals surface area contributed by atoms with Gasteiger partial charge < -0.3 is 19.8 Å². The molecule has 2 amide bonds. The van der Waals surface area contributed by atoms with Gasteiger partial charge in [0.1, 0.15) is 5.76 Å². The van der Waals surface area contributed by atoms with Gasteiger partial charge in [0.25, 0.3) is 0 Å². The Bertz CT molecular complexity index is 1070. The maximum atomic E-state index is 12.5. The number of carbonyl (C=O) groups excluding carboxylic acids is 1. The van der Waals surface area contributed by atoms with E-state index in [1.165, 1.54) is 16.2 Å². The summed E-state index contributed by atoms with van der Waals surface area (Å²) in [5.74, 6) is 0.232. The number of aromatic nitrogens is 2. The lowest BCUT2D eigenvalue weighted by Gasteiger charge is -2.11. The largest absolute Gasteiger partial charge is 0.465 e. The fourth-order valence-electron chi connectivity index (χ4n) is 3.62. The van der Waals surface area contributed by atoms with Crippen LogP contribution < -0.4 is 5.32 Å². The molecule has 1 aromatic carbocycles. The topological polar surface area (TPSA) is 109 Å². The quantitative estimate of drug-likeness (QED) is 0.692. The molecule has 0 bridgehead atoms. The summed E-state index contributed by atoms with van der Waals surface area (Å²) in [6, 6.07) is 4.04. The molecular weight excluding hydrogens is 380 g/mol. The van der Waals surface area contributed by atoms with E-state index in [0.717, 1.165) is 38.4 Å². The van der Waals surface area contributed by atoms with E-state index in [-0.39, 0.29) is 18.4 Å². The third kappa shape index (κ3) is 3.22. The highest BCUT2D eigenvalue weighted by molar-refractivity contribution is 7.22. The Morgan fingerprint density at radius 1 is 1.32 bits per heavy atom.